The van der Waals surface area contributed by atoms with Crippen LogP contribution in [0.4, 0.5) is 0 Å². The van der Waals surface area contributed by atoms with Gasteiger partial charge in [-0.1, -0.05) is 60.8 Å². The number of allylic oxidation sites excluding steroid dienone is 2. The Morgan fingerprint density at radius 3 is 2.59 bits per heavy atom. The molecule has 4 aliphatic carbocycles. The first-order valence-corrected chi connectivity index (χ1v) is 14.3. The van der Waals surface area contributed by atoms with Crippen LogP contribution in [0.5, 0.6) is 0 Å². The maximum atomic E-state index is 12.4. The fourth-order valence-corrected chi connectivity index (χ4v) is 8.36. The van der Waals surface area contributed by atoms with E-state index in [1.807, 2.05) is 30.3 Å². The lowest BCUT2D eigenvalue weighted by Gasteiger charge is -2.58. The lowest BCUT2D eigenvalue weighted by atomic mass is 9.46. The van der Waals surface area contributed by atoms with Gasteiger partial charge in [0.05, 0.1) is 5.71 Å². The number of aliphatic carboxylic acids is 1. The van der Waals surface area contributed by atoms with Gasteiger partial charge in [0, 0.05) is 11.8 Å². The highest BCUT2D eigenvalue weighted by Gasteiger charge is 2.63. The van der Waals surface area contributed by atoms with Crippen molar-refractivity contribution in [3.63, 3.8) is 0 Å². The quantitative estimate of drug-likeness (QED) is 0.354. The molecule has 0 saturated heterocycles. The summed E-state index contributed by atoms with van der Waals surface area (Å²) in [4.78, 5) is 29.4. The molecule has 39 heavy (non-hydrogen) atoms. The van der Waals surface area contributed by atoms with E-state index in [2.05, 4.69) is 36.3 Å². The molecule has 7 atom stereocenters. The van der Waals surface area contributed by atoms with E-state index in [1.54, 1.807) is 0 Å². The van der Waals surface area contributed by atoms with Gasteiger partial charge in [0.2, 0.25) is 0 Å². The highest BCUT2D eigenvalue weighted by Crippen LogP contribution is 2.67. The van der Waals surface area contributed by atoms with Gasteiger partial charge in [-0.2, -0.15) is 0 Å². The topological polar surface area (TPSA) is 108 Å². The van der Waals surface area contributed by atoms with E-state index < -0.39 is 23.5 Å². The molecule has 0 heterocycles. The summed E-state index contributed by atoms with van der Waals surface area (Å²) in [5.74, 6) is 2.77. The molecule has 3 N–H and O–H groups in total. The lowest BCUT2D eigenvalue weighted by Crippen LogP contribution is -2.54. The van der Waals surface area contributed by atoms with Crippen molar-refractivity contribution in [3.05, 3.63) is 47.5 Å². The van der Waals surface area contributed by atoms with E-state index in [9.17, 15) is 19.8 Å². The molecule has 4 aliphatic rings. The van der Waals surface area contributed by atoms with Gasteiger partial charge in [0.1, 0.15) is 11.6 Å². The van der Waals surface area contributed by atoms with Crippen LogP contribution in [0.2, 0.25) is 0 Å². The maximum Gasteiger partial charge on any atom is 0.326 e. The largest absolute Gasteiger partial charge is 0.480 e. The summed E-state index contributed by atoms with van der Waals surface area (Å²) in [6.07, 6.45) is 15.8. The Morgan fingerprint density at radius 2 is 1.87 bits per heavy atom. The molecular weight excluding hydrogens is 492 g/mol. The first-order chi connectivity index (χ1) is 18.6. The van der Waals surface area contributed by atoms with E-state index >= 15 is 0 Å². The molecule has 0 aliphatic heterocycles. The van der Waals surface area contributed by atoms with Crippen LogP contribution in [0, 0.1) is 40.9 Å². The molecule has 0 spiro atoms. The zero-order valence-electron chi connectivity index (χ0n) is 23.0. The zero-order chi connectivity index (χ0) is 27.8. The van der Waals surface area contributed by atoms with Crippen LogP contribution in [0.3, 0.4) is 0 Å². The number of rotatable bonds is 7. The Bertz CT molecular complexity index is 1220. The van der Waals surface area contributed by atoms with Crippen LogP contribution in [0.15, 0.2) is 47.1 Å². The molecule has 1 aromatic rings. The van der Waals surface area contributed by atoms with Gasteiger partial charge < -0.3 is 20.4 Å². The number of nitrogens with zero attached hydrogens (tertiary/aromatic N) is 1. The predicted octanol–water partition coefficient (Wildman–Crippen LogP) is 4.50. The van der Waals surface area contributed by atoms with Gasteiger partial charge >= 0.3 is 5.97 Å². The second kappa shape index (κ2) is 10.5. The molecule has 1 aromatic carbocycles. The number of aliphatic hydroxyl groups is 1. The smallest absolute Gasteiger partial charge is 0.326 e. The zero-order valence-corrected chi connectivity index (χ0v) is 23.0. The Labute approximate surface area is 231 Å². The number of hydrogen-bond acceptors (Lipinski definition) is 5. The highest BCUT2D eigenvalue weighted by atomic mass is 16.6. The number of benzene rings is 1. The van der Waals surface area contributed by atoms with E-state index in [4.69, 9.17) is 11.3 Å². The highest BCUT2D eigenvalue weighted by molar-refractivity contribution is 5.96. The number of carboxylic acid groups (broad SMARTS) is 1. The normalized spacial score (nSPS) is 36.9. The molecule has 3 fully saturated rings. The number of terminal acetylenes is 1. The molecule has 0 bridgehead atoms. The Hall–Kier alpha value is -3.11. The molecule has 7 heteroatoms. The molecule has 208 valence electrons. The molecule has 0 aromatic heterocycles. The number of hydrogen-bond donors (Lipinski definition) is 3. The van der Waals surface area contributed by atoms with Crippen LogP contribution in [0.1, 0.15) is 70.8 Å². The van der Waals surface area contributed by atoms with Crippen molar-refractivity contribution in [3.8, 4) is 12.3 Å². The summed E-state index contributed by atoms with van der Waals surface area (Å²) in [6.45, 7) is 4.28. The summed E-state index contributed by atoms with van der Waals surface area (Å²) in [6, 6.07) is 8.17. The standard InChI is InChI=1S/C32H40N2O5/c1-4-32(38)17-14-26-24-11-10-22-19-23(12-15-30(22,2)25(24)13-16-31(26,32)3)34-39-20-28(35)33-27(29(36)37)18-21-8-6-5-7-9-21/h1,5-9,19,24-27,38H,10-18,20H2,2-3H3,(H,33,35)(H,36,37). The molecule has 7 unspecified atom stereocenters. The van der Waals surface area contributed by atoms with Crippen LogP contribution in [-0.4, -0.2) is 46.1 Å². The fraction of sp³-hybridized carbons (Fsp3) is 0.594. The maximum absolute atomic E-state index is 12.4. The number of oxime groups is 1. The Balaban J connectivity index is 1.20. The molecule has 1 amide bonds. The van der Waals surface area contributed by atoms with Crippen LogP contribution >= 0.6 is 0 Å². The van der Waals surface area contributed by atoms with Gasteiger partial charge in [0.25, 0.3) is 5.91 Å². The van der Waals surface area contributed by atoms with Crippen molar-refractivity contribution >= 4 is 17.6 Å². The summed E-state index contributed by atoms with van der Waals surface area (Å²) in [7, 11) is 0. The second-order valence-corrected chi connectivity index (χ2v) is 12.5. The third-order valence-electron chi connectivity index (χ3n) is 10.7. The van der Waals surface area contributed by atoms with E-state index in [1.165, 1.54) is 5.57 Å². The summed E-state index contributed by atoms with van der Waals surface area (Å²) < 4.78 is 0. The van der Waals surface area contributed by atoms with Crippen molar-refractivity contribution in [2.45, 2.75) is 83.3 Å². The van der Waals surface area contributed by atoms with Crippen molar-refractivity contribution < 1.29 is 24.6 Å². The van der Waals surface area contributed by atoms with Gasteiger partial charge in [-0.3, -0.25) is 4.79 Å². The summed E-state index contributed by atoms with van der Waals surface area (Å²) in [5.41, 5.74) is 1.99. The lowest BCUT2D eigenvalue weighted by molar-refractivity contribution is -0.142. The number of carbonyl (C=O) groups is 2. The van der Waals surface area contributed by atoms with Gasteiger partial charge in [-0.15, -0.1) is 6.42 Å². The van der Waals surface area contributed by atoms with Crippen molar-refractivity contribution in [1.82, 2.24) is 5.32 Å². The van der Waals surface area contributed by atoms with Gasteiger partial charge in [0.15, 0.2) is 6.61 Å². The number of amides is 1. The Morgan fingerprint density at radius 1 is 1.13 bits per heavy atom. The van der Waals surface area contributed by atoms with Crippen LogP contribution < -0.4 is 5.32 Å². The number of carboxylic acids is 1. The minimum atomic E-state index is -1.09. The second-order valence-electron chi connectivity index (χ2n) is 12.5. The monoisotopic (exact) mass is 532 g/mol. The van der Waals surface area contributed by atoms with Gasteiger partial charge in [-0.05, 0) is 86.2 Å². The van der Waals surface area contributed by atoms with Gasteiger partial charge in [-0.25, -0.2) is 4.79 Å². The number of fused-ring (bicyclic) bond motifs is 5. The summed E-state index contributed by atoms with van der Waals surface area (Å²) >= 11 is 0. The van der Waals surface area contributed by atoms with E-state index in [0.717, 1.165) is 56.2 Å². The number of carbonyl (C=O) groups excluding carboxylic acids is 1. The SMILES string of the molecule is C#CC1(O)CCC2C3CCC4=CC(=NOCC(=O)NC(Cc5ccccc5)C(=O)O)CCC4(C)C3CCC21C. The minimum absolute atomic E-state index is 0.101. The van der Waals surface area contributed by atoms with Crippen molar-refractivity contribution in [2.75, 3.05) is 6.61 Å². The molecule has 5 rings (SSSR count). The molecule has 3 saturated carbocycles. The van der Waals surface area contributed by atoms with Crippen LogP contribution in [-0.2, 0) is 20.8 Å². The predicted molar refractivity (Wildman–Crippen MR) is 149 cm³/mol. The first kappa shape index (κ1) is 27.5. The van der Waals surface area contributed by atoms with E-state index in [-0.39, 0.29) is 23.9 Å². The summed E-state index contributed by atoms with van der Waals surface area (Å²) in [5, 5.41) is 27.5. The molecule has 7 nitrogen and oxygen atoms in total. The molecular formula is C32H40N2O5. The Kier molecular flexibility index (Phi) is 7.37. The average molecular weight is 533 g/mol. The third-order valence-corrected chi connectivity index (χ3v) is 10.7. The van der Waals surface area contributed by atoms with Crippen molar-refractivity contribution in [1.29, 1.82) is 0 Å². The third kappa shape index (κ3) is 4.89. The molecule has 0 radical (unpaired) electrons. The number of nitrogens with one attached hydrogen (secondary N) is 1. The first-order valence-electron chi connectivity index (χ1n) is 14.3. The van der Waals surface area contributed by atoms with Crippen LogP contribution in [0.25, 0.3) is 0 Å². The minimum Gasteiger partial charge on any atom is -0.480 e. The van der Waals surface area contributed by atoms with Crippen molar-refractivity contribution in [2.24, 2.45) is 33.7 Å². The van der Waals surface area contributed by atoms with E-state index in [0.29, 0.717) is 24.2 Å². The average Bonchev–Trinajstić information content (AvgIpc) is 3.20. The fourth-order valence-electron chi connectivity index (χ4n) is 8.36.